The zero-order valence-corrected chi connectivity index (χ0v) is 7.41. The van der Waals surface area contributed by atoms with E-state index in [1.165, 1.54) is 0 Å². The molecule has 14 heavy (non-hydrogen) atoms. The van der Waals surface area contributed by atoms with E-state index >= 15 is 0 Å². The van der Waals surface area contributed by atoms with Crippen LogP contribution in [0, 0.1) is 0 Å². The average Bonchev–Trinajstić information content (AvgIpc) is 2.23. The minimum Gasteiger partial charge on any atom is -0.387 e. The second kappa shape index (κ2) is 3.33. The van der Waals surface area contributed by atoms with Crippen LogP contribution in [-0.4, -0.2) is 32.6 Å². The van der Waals surface area contributed by atoms with Crippen LogP contribution in [0.5, 0.6) is 0 Å². The van der Waals surface area contributed by atoms with Gasteiger partial charge in [-0.05, 0) is 11.1 Å². The summed E-state index contributed by atoms with van der Waals surface area (Å²) in [7, 11) is 0. The Morgan fingerprint density at radius 2 is 1.07 bits per heavy atom. The topological polar surface area (TPSA) is 80.9 Å². The fourth-order valence-corrected chi connectivity index (χ4v) is 1.79. The van der Waals surface area contributed by atoms with Crippen LogP contribution in [0.2, 0.25) is 0 Å². The lowest BCUT2D eigenvalue weighted by molar-refractivity contribution is -0.120. The van der Waals surface area contributed by atoms with Gasteiger partial charge >= 0.3 is 0 Å². The standard InChI is InChI=1S/C10H12O4/c11-7-5-3-1-2-4-6(5)8(12)10(14)9(7)13/h1-4,7-14H/t7-,8+,9+,10-. The maximum Gasteiger partial charge on any atom is 0.113 e. The third-order valence-corrected chi connectivity index (χ3v) is 2.63. The molecule has 0 fully saturated rings. The molecule has 0 saturated heterocycles. The van der Waals surface area contributed by atoms with Gasteiger partial charge in [-0.3, -0.25) is 0 Å². The molecule has 0 spiro atoms. The number of aliphatic hydroxyl groups excluding tert-OH is 4. The van der Waals surface area contributed by atoms with E-state index in [4.69, 9.17) is 0 Å². The summed E-state index contributed by atoms with van der Waals surface area (Å²) in [5.74, 6) is 0. The number of hydrogen-bond acceptors (Lipinski definition) is 4. The SMILES string of the molecule is O[C@@H]1[C@H](O)[C@@H](O)c2ccccc2[C@H]1O. The zero-order valence-electron chi connectivity index (χ0n) is 7.41. The molecule has 0 aliphatic heterocycles. The number of fused-ring (bicyclic) bond motifs is 1. The third-order valence-electron chi connectivity index (χ3n) is 2.63. The summed E-state index contributed by atoms with van der Waals surface area (Å²) in [5, 5.41) is 38.0. The number of rotatable bonds is 0. The molecule has 4 nitrogen and oxygen atoms in total. The summed E-state index contributed by atoms with van der Waals surface area (Å²) in [6.07, 6.45) is -4.94. The lowest BCUT2D eigenvalue weighted by Crippen LogP contribution is -2.41. The van der Waals surface area contributed by atoms with Crippen molar-refractivity contribution in [1.29, 1.82) is 0 Å². The van der Waals surface area contributed by atoms with Gasteiger partial charge in [0, 0.05) is 0 Å². The Morgan fingerprint density at radius 1 is 0.714 bits per heavy atom. The highest BCUT2D eigenvalue weighted by Crippen LogP contribution is 2.36. The first kappa shape index (κ1) is 9.61. The molecule has 2 rings (SSSR count). The molecule has 1 aliphatic rings. The van der Waals surface area contributed by atoms with Gasteiger partial charge in [0.15, 0.2) is 0 Å². The quantitative estimate of drug-likeness (QED) is 0.450. The van der Waals surface area contributed by atoms with E-state index < -0.39 is 24.4 Å². The van der Waals surface area contributed by atoms with Crippen molar-refractivity contribution in [2.75, 3.05) is 0 Å². The van der Waals surface area contributed by atoms with Gasteiger partial charge in [-0.15, -0.1) is 0 Å². The molecule has 0 bridgehead atoms. The summed E-state index contributed by atoms with van der Waals surface area (Å²) >= 11 is 0. The van der Waals surface area contributed by atoms with Crippen molar-refractivity contribution < 1.29 is 20.4 Å². The fraction of sp³-hybridized carbons (Fsp3) is 0.400. The van der Waals surface area contributed by atoms with Crippen molar-refractivity contribution in [3.8, 4) is 0 Å². The Hall–Kier alpha value is -0.940. The number of benzene rings is 1. The van der Waals surface area contributed by atoms with Gasteiger partial charge in [0.1, 0.15) is 24.4 Å². The van der Waals surface area contributed by atoms with Crippen molar-refractivity contribution in [2.45, 2.75) is 24.4 Å². The Kier molecular flexibility index (Phi) is 2.28. The average molecular weight is 196 g/mol. The molecule has 4 atom stereocenters. The fourth-order valence-electron chi connectivity index (χ4n) is 1.79. The van der Waals surface area contributed by atoms with Gasteiger partial charge in [0.05, 0.1) is 0 Å². The molecule has 0 heterocycles. The summed E-state index contributed by atoms with van der Waals surface area (Å²) in [4.78, 5) is 0. The van der Waals surface area contributed by atoms with Crippen LogP contribution < -0.4 is 0 Å². The molecule has 1 aromatic rings. The molecule has 0 radical (unpaired) electrons. The molecule has 1 aliphatic carbocycles. The van der Waals surface area contributed by atoms with E-state index in [9.17, 15) is 20.4 Å². The van der Waals surface area contributed by atoms with Gasteiger partial charge in [-0.1, -0.05) is 24.3 Å². The summed E-state index contributed by atoms with van der Waals surface area (Å²) < 4.78 is 0. The highest BCUT2D eigenvalue weighted by molar-refractivity contribution is 5.35. The lowest BCUT2D eigenvalue weighted by Gasteiger charge is -2.34. The maximum atomic E-state index is 9.60. The van der Waals surface area contributed by atoms with Gasteiger partial charge in [-0.2, -0.15) is 0 Å². The van der Waals surface area contributed by atoms with Gasteiger partial charge in [0.25, 0.3) is 0 Å². The zero-order chi connectivity index (χ0) is 10.3. The van der Waals surface area contributed by atoms with E-state index in [1.807, 2.05) is 0 Å². The molecule has 0 amide bonds. The van der Waals surface area contributed by atoms with Gasteiger partial charge < -0.3 is 20.4 Å². The van der Waals surface area contributed by atoms with Crippen molar-refractivity contribution in [3.05, 3.63) is 35.4 Å². The number of aliphatic hydroxyl groups is 4. The first-order valence-electron chi connectivity index (χ1n) is 4.44. The van der Waals surface area contributed by atoms with Crippen molar-refractivity contribution in [2.24, 2.45) is 0 Å². The predicted octanol–water partition coefficient (Wildman–Crippen LogP) is -0.511. The van der Waals surface area contributed by atoms with E-state index in [0.29, 0.717) is 11.1 Å². The van der Waals surface area contributed by atoms with Gasteiger partial charge in [-0.25, -0.2) is 0 Å². The highest BCUT2D eigenvalue weighted by Gasteiger charge is 2.39. The molecule has 4 N–H and O–H groups in total. The minimum absolute atomic E-state index is 0.470. The van der Waals surface area contributed by atoms with E-state index in [1.54, 1.807) is 24.3 Å². The van der Waals surface area contributed by atoms with Crippen LogP contribution in [0.4, 0.5) is 0 Å². The summed E-state index contributed by atoms with van der Waals surface area (Å²) in [6, 6.07) is 6.66. The summed E-state index contributed by atoms with van der Waals surface area (Å²) in [5.41, 5.74) is 0.940. The Morgan fingerprint density at radius 3 is 1.43 bits per heavy atom. The molecule has 76 valence electrons. The van der Waals surface area contributed by atoms with E-state index in [-0.39, 0.29) is 0 Å². The van der Waals surface area contributed by atoms with Crippen LogP contribution >= 0.6 is 0 Å². The molecule has 0 unspecified atom stereocenters. The Bertz CT molecular complexity index is 306. The van der Waals surface area contributed by atoms with Crippen molar-refractivity contribution >= 4 is 0 Å². The monoisotopic (exact) mass is 196 g/mol. The maximum absolute atomic E-state index is 9.60. The molecule has 0 aromatic heterocycles. The predicted molar refractivity (Wildman–Crippen MR) is 48.4 cm³/mol. The Balaban J connectivity index is 2.51. The minimum atomic E-state index is -1.33. The van der Waals surface area contributed by atoms with Gasteiger partial charge in [0.2, 0.25) is 0 Å². The van der Waals surface area contributed by atoms with Crippen LogP contribution in [0.1, 0.15) is 23.3 Å². The first-order valence-corrected chi connectivity index (χ1v) is 4.44. The normalized spacial score (nSPS) is 36.6. The first-order chi connectivity index (χ1) is 6.63. The van der Waals surface area contributed by atoms with Crippen LogP contribution in [-0.2, 0) is 0 Å². The molecule has 0 saturated carbocycles. The van der Waals surface area contributed by atoms with E-state index in [2.05, 4.69) is 0 Å². The molecule has 1 aromatic carbocycles. The lowest BCUT2D eigenvalue weighted by atomic mass is 9.83. The van der Waals surface area contributed by atoms with Crippen molar-refractivity contribution in [1.82, 2.24) is 0 Å². The van der Waals surface area contributed by atoms with Crippen LogP contribution in [0.3, 0.4) is 0 Å². The molecule has 4 heteroatoms. The second-order valence-electron chi connectivity index (χ2n) is 3.50. The van der Waals surface area contributed by atoms with Crippen LogP contribution in [0.15, 0.2) is 24.3 Å². The third kappa shape index (κ3) is 1.24. The van der Waals surface area contributed by atoms with Crippen LogP contribution in [0.25, 0.3) is 0 Å². The summed E-state index contributed by atoms with van der Waals surface area (Å²) in [6.45, 7) is 0. The number of hydrogen-bond donors (Lipinski definition) is 4. The molecular weight excluding hydrogens is 184 g/mol. The van der Waals surface area contributed by atoms with Crippen molar-refractivity contribution in [3.63, 3.8) is 0 Å². The highest BCUT2D eigenvalue weighted by atomic mass is 16.4. The second-order valence-corrected chi connectivity index (χ2v) is 3.50. The smallest absolute Gasteiger partial charge is 0.113 e. The molecular formula is C10H12O4. The largest absolute Gasteiger partial charge is 0.387 e. The Labute approximate surface area is 81.1 Å². The van der Waals surface area contributed by atoms with E-state index in [0.717, 1.165) is 0 Å².